The van der Waals surface area contributed by atoms with Crippen LogP contribution in [0.3, 0.4) is 0 Å². The molecule has 21 heavy (non-hydrogen) atoms. The molecule has 8 heteroatoms. The van der Waals surface area contributed by atoms with Crippen LogP contribution in [0.15, 0.2) is 0 Å². The summed E-state index contributed by atoms with van der Waals surface area (Å²) in [7, 11) is 1.53. The molecule has 0 saturated heterocycles. The Morgan fingerprint density at radius 3 is 2.38 bits per heavy atom. The summed E-state index contributed by atoms with van der Waals surface area (Å²) in [6.07, 6.45) is -0.129. The Morgan fingerprint density at radius 2 is 1.95 bits per heavy atom. The van der Waals surface area contributed by atoms with E-state index in [1.54, 1.807) is 0 Å². The molecule has 0 saturated carbocycles. The second kappa shape index (κ2) is 9.98. The van der Waals surface area contributed by atoms with Gasteiger partial charge in [0.25, 0.3) is 0 Å². The third-order valence-electron chi connectivity index (χ3n) is 2.71. The Hall–Kier alpha value is -1.83. The second-order valence-electron chi connectivity index (χ2n) is 5.18. The number of nitrogens with one attached hydrogen (secondary N) is 1. The van der Waals surface area contributed by atoms with Crippen molar-refractivity contribution in [3.63, 3.8) is 0 Å². The topological polar surface area (TPSA) is 122 Å². The van der Waals surface area contributed by atoms with Crippen LogP contribution in [0.25, 0.3) is 0 Å². The van der Waals surface area contributed by atoms with E-state index in [1.807, 2.05) is 13.8 Å². The van der Waals surface area contributed by atoms with Crippen molar-refractivity contribution in [1.82, 2.24) is 10.2 Å². The number of nitrogens with zero attached hydrogens (tertiary/aromatic N) is 1. The molecule has 0 aliphatic heterocycles. The lowest BCUT2D eigenvalue weighted by molar-refractivity contribution is -0.139. The van der Waals surface area contributed by atoms with Gasteiger partial charge >= 0.3 is 12.0 Å². The molecule has 4 N–H and O–H groups in total. The van der Waals surface area contributed by atoms with Crippen LogP contribution in [-0.4, -0.2) is 60.8 Å². The predicted molar refractivity (Wildman–Crippen MR) is 76.7 cm³/mol. The monoisotopic (exact) mass is 303 g/mol. The lowest BCUT2D eigenvalue weighted by Crippen LogP contribution is -2.50. The van der Waals surface area contributed by atoms with E-state index in [9.17, 15) is 14.4 Å². The Kier molecular flexibility index (Phi) is 9.11. The van der Waals surface area contributed by atoms with E-state index in [0.717, 1.165) is 0 Å². The van der Waals surface area contributed by atoms with Crippen LogP contribution in [0, 0.1) is 5.92 Å². The number of aliphatic carboxylic acids is 1. The zero-order valence-corrected chi connectivity index (χ0v) is 12.8. The number of carboxylic acid groups (broad SMARTS) is 1. The first-order chi connectivity index (χ1) is 9.77. The van der Waals surface area contributed by atoms with Crippen molar-refractivity contribution in [2.75, 3.05) is 26.8 Å². The van der Waals surface area contributed by atoms with E-state index in [-0.39, 0.29) is 18.8 Å². The first-order valence-electron chi connectivity index (χ1n) is 6.83. The van der Waals surface area contributed by atoms with Crippen molar-refractivity contribution >= 4 is 17.9 Å². The van der Waals surface area contributed by atoms with Gasteiger partial charge in [-0.3, -0.25) is 4.79 Å². The quantitative estimate of drug-likeness (QED) is 0.525. The maximum absolute atomic E-state index is 12.1. The minimum Gasteiger partial charge on any atom is -0.480 e. The van der Waals surface area contributed by atoms with Crippen LogP contribution < -0.4 is 11.1 Å². The molecule has 3 amide bonds. The number of rotatable bonds is 10. The highest BCUT2D eigenvalue weighted by Crippen LogP contribution is 2.03. The summed E-state index contributed by atoms with van der Waals surface area (Å²) in [5, 5.41) is 11.5. The molecule has 0 aromatic heterocycles. The zero-order valence-electron chi connectivity index (χ0n) is 12.8. The Labute approximate surface area is 124 Å². The van der Waals surface area contributed by atoms with Gasteiger partial charge < -0.3 is 25.8 Å². The van der Waals surface area contributed by atoms with Gasteiger partial charge in [-0.15, -0.1) is 0 Å². The Balaban J connectivity index is 4.64. The van der Waals surface area contributed by atoms with Gasteiger partial charge in [0, 0.05) is 26.6 Å². The number of nitrogens with two attached hydrogens (primary N) is 1. The van der Waals surface area contributed by atoms with Crippen molar-refractivity contribution in [2.45, 2.75) is 32.7 Å². The minimum absolute atomic E-state index is 0.0315. The highest BCUT2D eigenvalue weighted by atomic mass is 16.5. The number of carboxylic acids is 1. The van der Waals surface area contributed by atoms with E-state index >= 15 is 0 Å². The Bertz CT molecular complexity index is 360. The van der Waals surface area contributed by atoms with Gasteiger partial charge in [0.1, 0.15) is 6.04 Å². The smallest absolute Gasteiger partial charge is 0.326 e. The van der Waals surface area contributed by atoms with Crippen LogP contribution in [-0.2, 0) is 14.3 Å². The predicted octanol–water partition coefficient (Wildman–Crippen LogP) is 0.0191. The van der Waals surface area contributed by atoms with Crippen LogP contribution in [0.1, 0.15) is 26.7 Å². The number of methoxy groups -OCH3 is 1. The van der Waals surface area contributed by atoms with Crippen LogP contribution in [0.5, 0.6) is 0 Å². The summed E-state index contributed by atoms with van der Waals surface area (Å²) < 4.78 is 4.94. The maximum atomic E-state index is 12.1. The molecule has 8 nitrogen and oxygen atoms in total. The number of urea groups is 1. The van der Waals surface area contributed by atoms with Gasteiger partial charge in [-0.2, -0.15) is 0 Å². The number of carbonyl (C=O) groups excluding carboxylic acids is 2. The largest absolute Gasteiger partial charge is 0.480 e. The van der Waals surface area contributed by atoms with Gasteiger partial charge in [0.15, 0.2) is 0 Å². The van der Waals surface area contributed by atoms with Crippen molar-refractivity contribution in [2.24, 2.45) is 11.7 Å². The summed E-state index contributed by atoms with van der Waals surface area (Å²) in [6, 6.07) is -1.63. The van der Waals surface area contributed by atoms with E-state index in [0.29, 0.717) is 19.7 Å². The maximum Gasteiger partial charge on any atom is 0.326 e. The number of hydrogen-bond donors (Lipinski definition) is 3. The molecular formula is C13H25N3O5. The summed E-state index contributed by atoms with van der Waals surface area (Å²) in [5.74, 6) is -1.56. The number of ether oxygens (including phenoxy) is 1. The van der Waals surface area contributed by atoms with Gasteiger partial charge in [-0.05, 0) is 12.3 Å². The standard InChI is InChI=1S/C13H25N3O5/c1-9(2)8-16(6-7-21-3)13(20)15-10(12(18)19)4-5-11(14)17/h9-10H,4-8H2,1-3H3,(H2,14,17)(H,15,20)(H,18,19)/t10-/m1/s1. The molecule has 0 heterocycles. The highest BCUT2D eigenvalue weighted by Gasteiger charge is 2.23. The lowest BCUT2D eigenvalue weighted by Gasteiger charge is -2.26. The summed E-state index contributed by atoms with van der Waals surface area (Å²) in [5.41, 5.74) is 4.99. The third-order valence-corrected chi connectivity index (χ3v) is 2.71. The molecule has 0 fully saturated rings. The molecule has 122 valence electrons. The third kappa shape index (κ3) is 8.85. The fourth-order valence-electron chi connectivity index (χ4n) is 1.70. The summed E-state index contributed by atoms with van der Waals surface area (Å²) in [4.78, 5) is 35.4. The lowest BCUT2D eigenvalue weighted by atomic mass is 10.1. The molecule has 0 aromatic carbocycles. The fourth-order valence-corrected chi connectivity index (χ4v) is 1.70. The fraction of sp³-hybridized carbons (Fsp3) is 0.769. The molecule has 1 atom stereocenters. The van der Waals surface area contributed by atoms with E-state index in [2.05, 4.69) is 5.32 Å². The molecule has 0 aromatic rings. The molecule has 0 aliphatic carbocycles. The number of carbonyl (C=O) groups is 3. The van der Waals surface area contributed by atoms with Crippen LogP contribution in [0.4, 0.5) is 4.79 Å². The SMILES string of the molecule is COCCN(CC(C)C)C(=O)N[C@H](CCC(N)=O)C(=O)O. The van der Waals surface area contributed by atoms with Gasteiger partial charge in [-0.25, -0.2) is 9.59 Å². The summed E-state index contributed by atoms with van der Waals surface area (Å²) in [6.45, 7) is 5.11. The van der Waals surface area contributed by atoms with Crippen LogP contribution >= 0.6 is 0 Å². The van der Waals surface area contributed by atoms with Gasteiger partial charge in [-0.1, -0.05) is 13.8 Å². The van der Waals surface area contributed by atoms with Crippen LogP contribution in [0.2, 0.25) is 0 Å². The average molecular weight is 303 g/mol. The molecule has 0 unspecified atom stereocenters. The second-order valence-corrected chi connectivity index (χ2v) is 5.18. The molecular weight excluding hydrogens is 278 g/mol. The van der Waals surface area contributed by atoms with E-state index < -0.39 is 23.9 Å². The molecule has 0 rings (SSSR count). The molecule has 0 radical (unpaired) electrons. The normalized spacial score (nSPS) is 12.0. The Morgan fingerprint density at radius 1 is 1.33 bits per heavy atom. The molecule has 0 bridgehead atoms. The molecule has 0 spiro atoms. The summed E-state index contributed by atoms with van der Waals surface area (Å²) >= 11 is 0. The van der Waals surface area contributed by atoms with Crippen molar-refractivity contribution in [3.05, 3.63) is 0 Å². The highest BCUT2D eigenvalue weighted by molar-refractivity contribution is 5.83. The van der Waals surface area contributed by atoms with Crippen molar-refractivity contribution in [1.29, 1.82) is 0 Å². The zero-order chi connectivity index (χ0) is 16.4. The van der Waals surface area contributed by atoms with E-state index in [4.69, 9.17) is 15.6 Å². The van der Waals surface area contributed by atoms with Crippen molar-refractivity contribution < 1.29 is 24.2 Å². The minimum atomic E-state index is -1.19. The first-order valence-corrected chi connectivity index (χ1v) is 6.83. The number of hydrogen-bond acceptors (Lipinski definition) is 4. The number of primary amides is 1. The van der Waals surface area contributed by atoms with Crippen molar-refractivity contribution in [3.8, 4) is 0 Å². The first kappa shape index (κ1) is 19.2. The van der Waals surface area contributed by atoms with Gasteiger partial charge in [0.2, 0.25) is 5.91 Å². The van der Waals surface area contributed by atoms with E-state index in [1.165, 1.54) is 12.0 Å². The number of amides is 3. The van der Waals surface area contributed by atoms with Gasteiger partial charge in [0.05, 0.1) is 6.61 Å². The average Bonchev–Trinajstić information content (AvgIpc) is 2.37. The molecule has 0 aliphatic rings.